The molecule has 11 heteroatoms. The number of ether oxygens (including phenoxy) is 3. The highest BCUT2D eigenvalue weighted by Gasteiger charge is 2.41. The molecule has 21 heavy (non-hydrogen) atoms. The van der Waals surface area contributed by atoms with E-state index in [-0.39, 0.29) is 0 Å². The Bertz CT molecular complexity index is 540. The van der Waals surface area contributed by atoms with Gasteiger partial charge in [-0.15, -0.1) is 13.2 Å². The Labute approximate surface area is 113 Å². The van der Waals surface area contributed by atoms with Crippen LogP contribution in [0.4, 0.5) is 26.3 Å². The number of pyridine rings is 1. The van der Waals surface area contributed by atoms with Gasteiger partial charge in [-0.2, -0.15) is 13.2 Å². The number of carbonyl (C=O) groups excluding carboxylic acids is 1. The van der Waals surface area contributed by atoms with Gasteiger partial charge < -0.3 is 14.2 Å². The molecule has 1 heterocycles. The summed E-state index contributed by atoms with van der Waals surface area (Å²) in [5.41, 5.74) is -2.85. The van der Waals surface area contributed by atoms with Crippen LogP contribution in [0, 0.1) is 0 Å². The summed E-state index contributed by atoms with van der Waals surface area (Å²) in [5.74, 6) is -4.02. The average Bonchev–Trinajstić information content (AvgIpc) is 2.33. The number of methoxy groups -OCH3 is 2. The van der Waals surface area contributed by atoms with E-state index >= 15 is 0 Å². The quantitative estimate of drug-likeness (QED) is 0.633. The summed E-state index contributed by atoms with van der Waals surface area (Å²) in [6.45, 7) is 0. The van der Waals surface area contributed by atoms with Crippen molar-refractivity contribution in [1.29, 1.82) is 0 Å². The van der Waals surface area contributed by atoms with E-state index in [9.17, 15) is 31.1 Å². The number of aromatic nitrogens is 1. The van der Waals surface area contributed by atoms with Crippen LogP contribution in [0.3, 0.4) is 0 Å². The van der Waals surface area contributed by atoms with Crippen molar-refractivity contribution in [1.82, 2.24) is 4.98 Å². The number of nitrogens with zero attached hydrogens (tertiary/aromatic N) is 1. The second-order valence-electron chi connectivity index (χ2n) is 3.42. The van der Waals surface area contributed by atoms with Crippen molar-refractivity contribution in [3.05, 3.63) is 17.5 Å². The van der Waals surface area contributed by atoms with Gasteiger partial charge >= 0.3 is 18.5 Å². The molecule has 0 saturated carbocycles. The minimum atomic E-state index is -5.29. The maximum atomic E-state index is 12.8. The summed E-state index contributed by atoms with van der Waals surface area (Å²) in [7, 11) is 1.53. The van der Waals surface area contributed by atoms with Gasteiger partial charge in [-0.1, -0.05) is 0 Å². The first-order valence-corrected chi connectivity index (χ1v) is 5.00. The first kappa shape index (κ1) is 16.9. The van der Waals surface area contributed by atoms with Gasteiger partial charge in [0.05, 0.1) is 14.2 Å². The standard InChI is InChI=1S/C10H7F6NO4/c1-19-6-5(21-10(14,15)16)3-4(8(18)20-2)17-7(6)9(11,12)13/h3H,1-2H3. The molecule has 0 bridgehead atoms. The Morgan fingerprint density at radius 3 is 2.10 bits per heavy atom. The van der Waals surface area contributed by atoms with Crippen molar-refractivity contribution in [2.45, 2.75) is 12.5 Å². The minimum Gasteiger partial charge on any atom is -0.491 e. The topological polar surface area (TPSA) is 57.7 Å². The molecule has 0 saturated heterocycles. The van der Waals surface area contributed by atoms with Crippen LogP contribution in [0.5, 0.6) is 11.5 Å². The molecule has 0 N–H and O–H groups in total. The zero-order valence-corrected chi connectivity index (χ0v) is 10.4. The van der Waals surface area contributed by atoms with Crippen LogP contribution in [0.1, 0.15) is 16.2 Å². The number of esters is 1. The molecule has 5 nitrogen and oxygen atoms in total. The van der Waals surface area contributed by atoms with E-state index in [0.29, 0.717) is 13.2 Å². The lowest BCUT2D eigenvalue weighted by Gasteiger charge is -2.17. The van der Waals surface area contributed by atoms with E-state index < -0.39 is 41.4 Å². The molecule has 0 atom stereocenters. The van der Waals surface area contributed by atoms with Crippen LogP contribution in [0.25, 0.3) is 0 Å². The maximum Gasteiger partial charge on any atom is 0.573 e. The van der Waals surface area contributed by atoms with E-state index in [1.807, 2.05) is 0 Å². The lowest BCUT2D eigenvalue weighted by atomic mass is 10.2. The van der Waals surface area contributed by atoms with Crippen LogP contribution in [-0.4, -0.2) is 31.5 Å². The van der Waals surface area contributed by atoms with E-state index in [1.165, 1.54) is 0 Å². The second-order valence-corrected chi connectivity index (χ2v) is 3.42. The zero-order chi connectivity index (χ0) is 16.4. The molecule has 0 aliphatic heterocycles. The third-order valence-corrected chi connectivity index (χ3v) is 2.03. The summed E-state index contributed by atoms with van der Waals surface area (Å²) in [4.78, 5) is 14.1. The summed E-state index contributed by atoms with van der Waals surface area (Å²) >= 11 is 0. The van der Waals surface area contributed by atoms with Crippen molar-refractivity contribution in [3.63, 3.8) is 0 Å². The van der Waals surface area contributed by atoms with Gasteiger partial charge in [-0.3, -0.25) is 0 Å². The van der Waals surface area contributed by atoms with Crippen LogP contribution in [0.15, 0.2) is 6.07 Å². The van der Waals surface area contributed by atoms with Gasteiger partial charge in [0.1, 0.15) is 0 Å². The molecule has 0 aromatic carbocycles. The predicted molar refractivity (Wildman–Crippen MR) is 53.8 cm³/mol. The molecule has 118 valence electrons. The fraction of sp³-hybridized carbons (Fsp3) is 0.400. The molecular formula is C10H7F6NO4. The number of hydrogen-bond acceptors (Lipinski definition) is 5. The predicted octanol–water partition coefficient (Wildman–Crippen LogP) is 2.79. The van der Waals surface area contributed by atoms with Gasteiger partial charge in [0, 0.05) is 6.07 Å². The number of carbonyl (C=O) groups is 1. The molecule has 1 aromatic rings. The van der Waals surface area contributed by atoms with Crippen LogP contribution >= 0.6 is 0 Å². The first-order chi connectivity index (χ1) is 9.49. The van der Waals surface area contributed by atoms with E-state index in [1.54, 1.807) is 0 Å². The summed E-state index contributed by atoms with van der Waals surface area (Å²) < 4.78 is 86.7. The lowest BCUT2D eigenvalue weighted by Crippen LogP contribution is -2.21. The molecule has 0 unspecified atom stereocenters. The van der Waals surface area contributed by atoms with E-state index in [4.69, 9.17) is 0 Å². The third kappa shape index (κ3) is 4.13. The highest BCUT2D eigenvalue weighted by atomic mass is 19.4. The number of alkyl halides is 6. The number of halogens is 6. The average molecular weight is 319 g/mol. The van der Waals surface area contributed by atoms with Crippen LogP contribution in [-0.2, 0) is 10.9 Å². The zero-order valence-electron chi connectivity index (χ0n) is 10.4. The summed E-state index contributed by atoms with van der Waals surface area (Å²) in [6.07, 6.45) is -10.5. The van der Waals surface area contributed by atoms with Gasteiger partial charge in [-0.25, -0.2) is 9.78 Å². The molecular weight excluding hydrogens is 312 g/mol. The van der Waals surface area contributed by atoms with E-state index in [0.717, 1.165) is 7.11 Å². The molecule has 0 amide bonds. The Morgan fingerprint density at radius 1 is 1.14 bits per heavy atom. The summed E-state index contributed by atoms with van der Waals surface area (Å²) in [5, 5.41) is 0. The molecule has 0 fully saturated rings. The van der Waals surface area contributed by atoms with Crippen LogP contribution in [0.2, 0.25) is 0 Å². The molecule has 0 aliphatic rings. The van der Waals surface area contributed by atoms with Crippen molar-refractivity contribution < 1.29 is 45.3 Å². The fourth-order valence-electron chi connectivity index (χ4n) is 1.31. The van der Waals surface area contributed by atoms with Gasteiger partial charge in [0.2, 0.25) is 0 Å². The van der Waals surface area contributed by atoms with Crippen molar-refractivity contribution in [2.75, 3.05) is 14.2 Å². The summed E-state index contributed by atoms with van der Waals surface area (Å²) in [6, 6.07) is 0.341. The Hall–Kier alpha value is -2.20. The first-order valence-electron chi connectivity index (χ1n) is 5.00. The normalized spacial score (nSPS) is 12.0. The second kappa shape index (κ2) is 5.66. The minimum absolute atomic E-state index is 0.341. The molecule has 1 rings (SSSR count). The van der Waals surface area contributed by atoms with Gasteiger partial charge in [0.25, 0.3) is 0 Å². The largest absolute Gasteiger partial charge is 0.573 e. The van der Waals surface area contributed by atoms with E-state index in [2.05, 4.69) is 19.2 Å². The Kier molecular flexibility index (Phi) is 4.54. The number of hydrogen-bond donors (Lipinski definition) is 0. The van der Waals surface area contributed by atoms with Gasteiger partial charge in [-0.05, 0) is 0 Å². The molecule has 0 radical (unpaired) electrons. The highest BCUT2D eigenvalue weighted by molar-refractivity contribution is 5.88. The lowest BCUT2D eigenvalue weighted by molar-refractivity contribution is -0.275. The maximum absolute atomic E-state index is 12.8. The van der Waals surface area contributed by atoms with Crippen molar-refractivity contribution >= 4 is 5.97 Å². The Balaban J connectivity index is 3.56. The molecule has 0 spiro atoms. The van der Waals surface area contributed by atoms with Crippen LogP contribution < -0.4 is 9.47 Å². The SMILES string of the molecule is COC(=O)c1cc(OC(F)(F)F)c(OC)c(C(F)(F)F)n1. The van der Waals surface area contributed by atoms with Gasteiger partial charge in [0.15, 0.2) is 22.9 Å². The number of rotatable bonds is 3. The highest BCUT2D eigenvalue weighted by Crippen LogP contribution is 2.42. The Morgan fingerprint density at radius 2 is 1.71 bits per heavy atom. The fourth-order valence-corrected chi connectivity index (χ4v) is 1.31. The molecule has 0 aliphatic carbocycles. The smallest absolute Gasteiger partial charge is 0.491 e. The van der Waals surface area contributed by atoms with Crippen molar-refractivity contribution in [2.24, 2.45) is 0 Å². The molecule has 1 aromatic heterocycles. The third-order valence-electron chi connectivity index (χ3n) is 2.03. The van der Waals surface area contributed by atoms with Crippen molar-refractivity contribution in [3.8, 4) is 11.5 Å². The monoisotopic (exact) mass is 319 g/mol.